The highest BCUT2D eigenvalue weighted by atomic mass is 16.5. The number of hydrogen-bond acceptors (Lipinski definition) is 4. The number of rotatable bonds is 6. The number of ketones is 1. The lowest BCUT2D eigenvalue weighted by Gasteiger charge is -2.16. The minimum absolute atomic E-state index is 0.285. The molecule has 1 N–H and O–H groups in total. The van der Waals surface area contributed by atoms with Crippen LogP contribution in [0.5, 0.6) is 0 Å². The van der Waals surface area contributed by atoms with Crippen molar-refractivity contribution in [2.45, 2.75) is 6.10 Å². The molecule has 5 aromatic rings. The number of fused-ring (bicyclic) bond motifs is 2. The highest BCUT2D eigenvalue weighted by molar-refractivity contribution is 6.11. The Hall–Kier alpha value is -4.51. The van der Waals surface area contributed by atoms with Gasteiger partial charge in [-0.25, -0.2) is 4.79 Å². The number of pyridine rings is 1. The molecule has 0 aliphatic rings. The molecule has 1 atom stereocenters. The van der Waals surface area contributed by atoms with Crippen molar-refractivity contribution in [1.82, 2.24) is 9.97 Å². The van der Waals surface area contributed by atoms with Crippen LogP contribution >= 0.6 is 0 Å². The summed E-state index contributed by atoms with van der Waals surface area (Å²) >= 11 is 0. The van der Waals surface area contributed by atoms with Gasteiger partial charge in [0.2, 0.25) is 5.78 Å². The molecule has 0 aliphatic heterocycles. The lowest BCUT2D eigenvalue weighted by atomic mass is 9.99. The van der Waals surface area contributed by atoms with E-state index in [4.69, 9.17) is 4.74 Å². The van der Waals surface area contributed by atoms with Crippen LogP contribution in [0.1, 0.15) is 27.6 Å². The predicted octanol–water partition coefficient (Wildman–Crippen LogP) is 5.90. The van der Waals surface area contributed by atoms with E-state index < -0.39 is 12.1 Å². The van der Waals surface area contributed by atoms with Crippen LogP contribution in [0, 0.1) is 0 Å². The number of hydrogen-bond donors (Lipinski definition) is 1. The van der Waals surface area contributed by atoms with Crippen LogP contribution in [0.4, 0.5) is 0 Å². The number of esters is 1. The van der Waals surface area contributed by atoms with E-state index in [9.17, 15) is 9.59 Å². The maximum atomic E-state index is 13.5. The second kappa shape index (κ2) is 8.93. The molecule has 0 aliphatic carbocycles. The maximum absolute atomic E-state index is 13.5. The third kappa shape index (κ3) is 4.16. The van der Waals surface area contributed by atoms with Crippen LogP contribution in [-0.4, -0.2) is 21.7 Å². The van der Waals surface area contributed by atoms with Crippen molar-refractivity contribution in [2.75, 3.05) is 0 Å². The Morgan fingerprint density at radius 2 is 1.67 bits per heavy atom. The second-order valence-corrected chi connectivity index (χ2v) is 7.60. The summed E-state index contributed by atoms with van der Waals surface area (Å²) < 4.78 is 5.70. The van der Waals surface area contributed by atoms with Gasteiger partial charge in [-0.15, -0.1) is 0 Å². The summed E-state index contributed by atoms with van der Waals surface area (Å²) in [5, 5.41) is 1.77. The highest BCUT2D eigenvalue weighted by Gasteiger charge is 2.27. The summed E-state index contributed by atoms with van der Waals surface area (Å²) in [6.45, 7) is 0. The van der Waals surface area contributed by atoms with Crippen molar-refractivity contribution in [1.29, 1.82) is 0 Å². The molecule has 0 saturated carbocycles. The third-order valence-electron chi connectivity index (χ3n) is 5.49. The Bertz CT molecular complexity index is 1480. The largest absolute Gasteiger partial charge is 0.446 e. The number of benzene rings is 3. The average Bonchev–Trinajstić information content (AvgIpc) is 3.30. The predicted molar refractivity (Wildman–Crippen MR) is 129 cm³/mol. The van der Waals surface area contributed by atoms with E-state index in [2.05, 4.69) is 9.97 Å². The first-order valence-electron chi connectivity index (χ1n) is 10.6. The van der Waals surface area contributed by atoms with Gasteiger partial charge in [-0.2, -0.15) is 0 Å². The smallest absolute Gasteiger partial charge is 0.331 e. The van der Waals surface area contributed by atoms with Crippen molar-refractivity contribution in [3.8, 4) is 0 Å². The van der Waals surface area contributed by atoms with Gasteiger partial charge in [0.15, 0.2) is 6.10 Å². The first-order valence-corrected chi connectivity index (χ1v) is 10.6. The first kappa shape index (κ1) is 20.4. The fourth-order valence-corrected chi connectivity index (χ4v) is 3.89. The number of H-pyrrole nitrogens is 1. The fourth-order valence-electron chi connectivity index (χ4n) is 3.89. The van der Waals surface area contributed by atoms with Gasteiger partial charge in [0.1, 0.15) is 0 Å². The summed E-state index contributed by atoms with van der Waals surface area (Å²) in [4.78, 5) is 33.8. The molecule has 33 heavy (non-hydrogen) atoms. The molecule has 0 fully saturated rings. The van der Waals surface area contributed by atoms with E-state index in [0.29, 0.717) is 11.1 Å². The number of para-hydroxylation sites is 2. The second-order valence-electron chi connectivity index (χ2n) is 7.60. The SMILES string of the molecule is O=C(/C=C/c1cccc2cccnc12)OC(C(=O)c1c[nH]c2ccccc12)c1ccccc1. The molecule has 0 bridgehead atoms. The number of ether oxygens (including phenoxy) is 1. The van der Waals surface area contributed by atoms with E-state index >= 15 is 0 Å². The van der Waals surface area contributed by atoms with Crippen molar-refractivity contribution in [2.24, 2.45) is 0 Å². The van der Waals surface area contributed by atoms with Crippen LogP contribution in [0.25, 0.3) is 27.9 Å². The minimum atomic E-state index is -1.06. The van der Waals surface area contributed by atoms with Crippen LogP contribution in [-0.2, 0) is 9.53 Å². The monoisotopic (exact) mass is 432 g/mol. The Labute approximate surface area is 190 Å². The molecule has 0 spiro atoms. The van der Waals surface area contributed by atoms with E-state index in [1.54, 1.807) is 30.6 Å². The van der Waals surface area contributed by atoms with Gasteiger partial charge in [0.25, 0.3) is 0 Å². The molecule has 160 valence electrons. The number of carbonyl (C=O) groups is 2. The lowest BCUT2D eigenvalue weighted by molar-refractivity contribution is -0.141. The minimum Gasteiger partial charge on any atom is -0.446 e. The molecule has 0 saturated heterocycles. The molecule has 0 amide bonds. The standard InChI is InChI=1S/C28H20N2O3/c31-25(16-15-20-11-6-10-19-12-7-17-29-26(19)20)33-28(21-8-2-1-3-9-21)27(32)23-18-30-24-14-5-4-13-22(23)24/h1-18,28,30H/b16-15+. The zero-order chi connectivity index (χ0) is 22.6. The number of nitrogens with one attached hydrogen (secondary N) is 1. The van der Waals surface area contributed by atoms with Crippen molar-refractivity contribution in [3.05, 3.63) is 120 Å². The molecule has 3 aromatic carbocycles. The number of Topliss-reactive ketones (excluding diaryl/α,β-unsaturated/α-hetero) is 1. The first-order chi connectivity index (χ1) is 16.2. The van der Waals surface area contributed by atoms with E-state index in [1.165, 1.54) is 6.08 Å². The molecule has 5 nitrogen and oxygen atoms in total. The highest BCUT2D eigenvalue weighted by Crippen LogP contribution is 2.27. The molecule has 0 radical (unpaired) electrons. The summed E-state index contributed by atoms with van der Waals surface area (Å²) in [5.74, 6) is -0.891. The zero-order valence-electron chi connectivity index (χ0n) is 17.6. The van der Waals surface area contributed by atoms with Crippen LogP contribution < -0.4 is 0 Å². The van der Waals surface area contributed by atoms with Crippen molar-refractivity contribution < 1.29 is 14.3 Å². The topological polar surface area (TPSA) is 72.0 Å². The number of nitrogens with zero attached hydrogens (tertiary/aromatic N) is 1. The van der Waals surface area contributed by atoms with Crippen molar-refractivity contribution >= 4 is 39.6 Å². The number of aromatic nitrogens is 2. The molecule has 1 unspecified atom stereocenters. The normalized spacial score (nSPS) is 12.2. The summed E-state index contributed by atoms with van der Waals surface area (Å²) in [7, 11) is 0. The molecular weight excluding hydrogens is 412 g/mol. The zero-order valence-corrected chi connectivity index (χ0v) is 17.6. The van der Waals surface area contributed by atoms with E-state index in [0.717, 1.165) is 27.4 Å². The Morgan fingerprint density at radius 3 is 2.55 bits per heavy atom. The van der Waals surface area contributed by atoms with Gasteiger partial charge >= 0.3 is 5.97 Å². The van der Waals surface area contributed by atoms with Gasteiger partial charge in [-0.3, -0.25) is 9.78 Å². The summed E-state index contributed by atoms with van der Waals surface area (Å²) in [5.41, 5.74) is 3.53. The average molecular weight is 432 g/mol. The molecular formula is C28H20N2O3. The van der Waals surface area contributed by atoms with E-state index in [1.807, 2.05) is 72.8 Å². The van der Waals surface area contributed by atoms with Gasteiger partial charge < -0.3 is 9.72 Å². The quantitative estimate of drug-likeness (QED) is 0.206. The van der Waals surface area contributed by atoms with Gasteiger partial charge in [-0.1, -0.05) is 72.8 Å². The molecule has 5 rings (SSSR count). The van der Waals surface area contributed by atoms with Crippen LogP contribution in [0.2, 0.25) is 0 Å². The maximum Gasteiger partial charge on any atom is 0.331 e. The van der Waals surface area contributed by atoms with Gasteiger partial charge in [-0.05, 0) is 18.2 Å². The Kier molecular flexibility index (Phi) is 5.52. The summed E-state index contributed by atoms with van der Waals surface area (Å²) in [6.07, 6.45) is 5.31. The molecule has 2 aromatic heterocycles. The Morgan fingerprint density at radius 1 is 0.879 bits per heavy atom. The van der Waals surface area contributed by atoms with Crippen LogP contribution in [0.15, 0.2) is 103 Å². The molecule has 2 heterocycles. The van der Waals surface area contributed by atoms with Gasteiger partial charge in [0.05, 0.1) is 5.52 Å². The lowest BCUT2D eigenvalue weighted by Crippen LogP contribution is -2.19. The van der Waals surface area contributed by atoms with Crippen molar-refractivity contribution in [3.63, 3.8) is 0 Å². The van der Waals surface area contributed by atoms with E-state index in [-0.39, 0.29) is 5.78 Å². The number of carbonyl (C=O) groups excluding carboxylic acids is 2. The third-order valence-corrected chi connectivity index (χ3v) is 5.49. The molecule has 5 heteroatoms. The summed E-state index contributed by atoms with van der Waals surface area (Å²) in [6, 6.07) is 26.2. The number of aromatic amines is 1. The van der Waals surface area contributed by atoms with Gasteiger partial charge in [0, 0.05) is 51.4 Å². The fraction of sp³-hybridized carbons (Fsp3) is 0.0357. The Balaban J connectivity index is 1.44. The van der Waals surface area contributed by atoms with Crippen LogP contribution in [0.3, 0.4) is 0 Å².